The van der Waals surface area contributed by atoms with Crippen LogP contribution in [-0.2, 0) is 28.3 Å². The standard InChI is InChI=1S/C12H22BO6.C4H12N/c1-4-7-10(14)17-13(18-11(15)8-5-2)19-12(16)9-6-3;1-5(2,3)4/h13H,4-9H2,1-3H3;1-4H3/q-1;+1. The molecular formula is C16H34BNO6. The molecule has 0 rings (SSSR count). The Morgan fingerprint density at radius 2 is 0.875 bits per heavy atom. The van der Waals surface area contributed by atoms with Gasteiger partial charge in [-0.1, -0.05) is 20.8 Å². The van der Waals surface area contributed by atoms with E-state index in [-0.39, 0.29) is 19.3 Å². The predicted octanol–water partition coefficient (Wildman–Crippen LogP) is 2.06. The van der Waals surface area contributed by atoms with Gasteiger partial charge in [0.05, 0.1) is 28.2 Å². The Morgan fingerprint density at radius 3 is 1.04 bits per heavy atom. The van der Waals surface area contributed by atoms with Crippen molar-refractivity contribution in [3.63, 3.8) is 0 Å². The summed E-state index contributed by atoms with van der Waals surface area (Å²) in [5, 5.41) is 0. The molecule has 0 saturated carbocycles. The summed E-state index contributed by atoms with van der Waals surface area (Å²) in [6.07, 6.45) is 2.41. The molecule has 0 fully saturated rings. The summed E-state index contributed by atoms with van der Waals surface area (Å²) in [6.45, 7) is 5.45. The van der Waals surface area contributed by atoms with E-state index in [0.717, 1.165) is 4.48 Å². The fourth-order valence-electron chi connectivity index (χ4n) is 1.31. The summed E-state index contributed by atoms with van der Waals surface area (Å²) in [4.78, 5) is 34.0. The van der Waals surface area contributed by atoms with Gasteiger partial charge in [-0.05, 0) is 19.3 Å². The van der Waals surface area contributed by atoms with Crippen LogP contribution >= 0.6 is 0 Å². The van der Waals surface area contributed by atoms with Crippen LogP contribution in [0, 0.1) is 0 Å². The highest BCUT2D eigenvalue weighted by Crippen LogP contribution is 2.03. The third-order valence-corrected chi connectivity index (χ3v) is 2.20. The van der Waals surface area contributed by atoms with Crippen LogP contribution in [0.4, 0.5) is 0 Å². The molecule has 0 aromatic heterocycles. The predicted molar refractivity (Wildman–Crippen MR) is 94.1 cm³/mol. The topological polar surface area (TPSA) is 78.9 Å². The number of hydrogen-bond acceptors (Lipinski definition) is 6. The van der Waals surface area contributed by atoms with Crippen molar-refractivity contribution in [3.05, 3.63) is 0 Å². The van der Waals surface area contributed by atoms with Gasteiger partial charge in [-0.2, -0.15) is 0 Å². The second-order valence-electron chi connectivity index (χ2n) is 6.84. The smallest absolute Gasteiger partial charge is 0.541 e. The minimum atomic E-state index is -2.46. The third kappa shape index (κ3) is 20.4. The lowest BCUT2D eigenvalue weighted by Gasteiger charge is -2.27. The zero-order valence-electron chi connectivity index (χ0n) is 16.3. The van der Waals surface area contributed by atoms with Crippen LogP contribution < -0.4 is 0 Å². The second-order valence-corrected chi connectivity index (χ2v) is 6.84. The molecule has 24 heavy (non-hydrogen) atoms. The van der Waals surface area contributed by atoms with Gasteiger partial charge in [-0.3, -0.25) is 14.4 Å². The molecular weight excluding hydrogens is 313 g/mol. The van der Waals surface area contributed by atoms with E-state index >= 15 is 0 Å². The molecule has 0 aliphatic carbocycles. The van der Waals surface area contributed by atoms with E-state index < -0.39 is 25.2 Å². The van der Waals surface area contributed by atoms with Gasteiger partial charge < -0.3 is 18.4 Å². The summed E-state index contributed by atoms with van der Waals surface area (Å²) < 4.78 is 15.6. The lowest BCUT2D eigenvalue weighted by atomic mass is 10.2. The number of hydrogen-bond donors (Lipinski definition) is 0. The summed E-state index contributed by atoms with van der Waals surface area (Å²) in [5.74, 6) is -1.59. The third-order valence-electron chi connectivity index (χ3n) is 2.20. The minimum Gasteiger partial charge on any atom is -0.625 e. The molecule has 0 aliphatic heterocycles. The van der Waals surface area contributed by atoms with Crippen molar-refractivity contribution in [1.82, 2.24) is 0 Å². The monoisotopic (exact) mass is 347 g/mol. The number of carbonyl (C=O) groups excluding carboxylic acids is 3. The van der Waals surface area contributed by atoms with E-state index in [0.29, 0.717) is 19.3 Å². The highest BCUT2D eigenvalue weighted by molar-refractivity contribution is 6.44. The maximum absolute atomic E-state index is 11.3. The molecule has 7 nitrogen and oxygen atoms in total. The van der Waals surface area contributed by atoms with E-state index in [9.17, 15) is 14.4 Å². The van der Waals surface area contributed by atoms with Gasteiger partial charge >= 0.3 is 7.32 Å². The van der Waals surface area contributed by atoms with Gasteiger partial charge in [0.15, 0.2) is 0 Å². The van der Waals surface area contributed by atoms with Crippen molar-refractivity contribution in [2.45, 2.75) is 59.3 Å². The molecule has 0 spiro atoms. The minimum absolute atomic E-state index is 0.195. The summed E-state index contributed by atoms with van der Waals surface area (Å²) in [6, 6.07) is 0. The summed E-state index contributed by atoms with van der Waals surface area (Å²) in [7, 11) is 6.04. The largest absolute Gasteiger partial charge is 0.625 e. The van der Waals surface area contributed by atoms with E-state index in [4.69, 9.17) is 14.0 Å². The molecule has 0 aromatic carbocycles. The van der Waals surface area contributed by atoms with E-state index in [1.54, 1.807) is 0 Å². The SMILES string of the molecule is CCCC(=O)O[BH-](OC(=O)CCC)OC(=O)CCC.C[N+](C)(C)C. The first-order valence-electron chi connectivity index (χ1n) is 8.56. The molecule has 142 valence electrons. The molecule has 0 aromatic rings. The lowest BCUT2D eigenvalue weighted by molar-refractivity contribution is -0.849. The van der Waals surface area contributed by atoms with Gasteiger partial charge in [-0.15, -0.1) is 0 Å². The fourth-order valence-corrected chi connectivity index (χ4v) is 1.31. The van der Waals surface area contributed by atoms with Gasteiger partial charge in [0.1, 0.15) is 0 Å². The highest BCUT2D eigenvalue weighted by atomic mass is 16.8. The molecule has 0 heterocycles. The average Bonchev–Trinajstić information content (AvgIpc) is 2.36. The Balaban J connectivity index is 0. The van der Waals surface area contributed by atoms with Gasteiger partial charge in [0.2, 0.25) is 0 Å². The Labute approximate surface area is 146 Å². The summed E-state index contributed by atoms with van der Waals surface area (Å²) >= 11 is 0. The van der Waals surface area contributed by atoms with Gasteiger partial charge in [0, 0.05) is 19.3 Å². The van der Waals surface area contributed by atoms with Crippen LogP contribution in [0.15, 0.2) is 0 Å². The van der Waals surface area contributed by atoms with Crippen LogP contribution in [0.2, 0.25) is 0 Å². The Hall–Kier alpha value is -1.57. The zero-order valence-corrected chi connectivity index (χ0v) is 16.3. The van der Waals surface area contributed by atoms with Crippen LogP contribution in [-0.4, -0.2) is 57.9 Å². The van der Waals surface area contributed by atoms with Crippen molar-refractivity contribution in [3.8, 4) is 0 Å². The van der Waals surface area contributed by atoms with E-state index in [2.05, 4.69) is 28.2 Å². The summed E-state index contributed by atoms with van der Waals surface area (Å²) in [5.41, 5.74) is 0. The molecule has 8 heteroatoms. The fraction of sp³-hybridized carbons (Fsp3) is 0.812. The van der Waals surface area contributed by atoms with Crippen LogP contribution in [0.3, 0.4) is 0 Å². The van der Waals surface area contributed by atoms with Crippen LogP contribution in [0.5, 0.6) is 0 Å². The average molecular weight is 347 g/mol. The lowest BCUT2D eigenvalue weighted by Crippen LogP contribution is -2.34. The van der Waals surface area contributed by atoms with Crippen molar-refractivity contribution in [1.29, 1.82) is 0 Å². The van der Waals surface area contributed by atoms with Crippen LogP contribution in [0.1, 0.15) is 59.3 Å². The zero-order chi connectivity index (χ0) is 19.2. The Morgan fingerprint density at radius 1 is 0.667 bits per heavy atom. The highest BCUT2D eigenvalue weighted by Gasteiger charge is 2.18. The van der Waals surface area contributed by atoms with Crippen LogP contribution in [0.25, 0.3) is 0 Å². The van der Waals surface area contributed by atoms with E-state index in [1.165, 1.54) is 0 Å². The number of nitrogens with zero attached hydrogens (tertiary/aromatic N) is 1. The van der Waals surface area contributed by atoms with E-state index in [1.807, 2.05) is 20.8 Å². The first-order chi connectivity index (χ1) is 11.0. The Kier molecular flexibility index (Phi) is 14.2. The van der Waals surface area contributed by atoms with Gasteiger partial charge in [-0.25, -0.2) is 0 Å². The van der Waals surface area contributed by atoms with Crippen molar-refractivity contribution in [2.75, 3.05) is 28.2 Å². The normalized spacial score (nSPS) is 10.5. The second kappa shape index (κ2) is 13.8. The molecule has 0 aliphatic rings. The molecule has 0 amide bonds. The molecule has 0 bridgehead atoms. The molecule has 0 unspecified atom stereocenters. The quantitative estimate of drug-likeness (QED) is 0.469. The maximum Gasteiger partial charge on any atom is 0.541 e. The number of quaternary nitrogens is 1. The molecule has 0 N–H and O–H groups in total. The molecule has 0 atom stereocenters. The number of rotatable bonds is 9. The van der Waals surface area contributed by atoms with Crippen molar-refractivity contribution in [2.24, 2.45) is 0 Å². The first-order valence-corrected chi connectivity index (χ1v) is 8.56. The Bertz CT molecular complexity index is 328. The van der Waals surface area contributed by atoms with Crippen molar-refractivity contribution >= 4 is 25.2 Å². The number of carbonyl (C=O) groups is 3. The maximum atomic E-state index is 11.3. The van der Waals surface area contributed by atoms with Gasteiger partial charge in [0.25, 0.3) is 17.9 Å². The first kappa shape index (κ1) is 24.7. The molecule has 0 saturated heterocycles. The van der Waals surface area contributed by atoms with Crippen molar-refractivity contribution < 1.29 is 32.8 Å². The molecule has 0 radical (unpaired) electrons.